The minimum atomic E-state index is -0.136. The van der Waals surface area contributed by atoms with E-state index in [0.29, 0.717) is 12.2 Å². The first-order chi connectivity index (χ1) is 9.74. The van der Waals surface area contributed by atoms with Crippen LogP contribution in [0.4, 0.5) is 0 Å². The molecule has 0 saturated heterocycles. The van der Waals surface area contributed by atoms with Gasteiger partial charge in [0, 0.05) is 10.3 Å². The maximum Gasteiger partial charge on any atom is 0.270 e. The van der Waals surface area contributed by atoms with Gasteiger partial charge in [-0.25, -0.2) is 4.98 Å². The van der Waals surface area contributed by atoms with Crippen LogP contribution in [-0.2, 0) is 6.54 Å². The summed E-state index contributed by atoms with van der Waals surface area (Å²) >= 11 is 1.65. The molecule has 3 nitrogen and oxygen atoms in total. The van der Waals surface area contributed by atoms with E-state index in [2.05, 4.69) is 16.4 Å². The van der Waals surface area contributed by atoms with E-state index in [4.69, 9.17) is 0 Å². The Balaban J connectivity index is 1.77. The Kier molecular flexibility index (Phi) is 3.48. The summed E-state index contributed by atoms with van der Waals surface area (Å²) < 4.78 is 0. The standard InChI is InChI=1S/C16H14N2OS/c1-11-8-9-20-15(11)10-17-16(19)14-7-6-12-4-2-3-5-13(12)18-14/h2-9H,10H2,1H3,(H,17,19). The predicted octanol–water partition coefficient (Wildman–Crippen LogP) is 3.53. The van der Waals surface area contributed by atoms with Crippen LogP contribution >= 0.6 is 11.3 Å². The summed E-state index contributed by atoms with van der Waals surface area (Å²) in [6.45, 7) is 2.60. The van der Waals surface area contributed by atoms with Crippen molar-refractivity contribution in [3.63, 3.8) is 0 Å². The lowest BCUT2D eigenvalue weighted by atomic mass is 10.2. The molecular formula is C16H14N2OS. The zero-order valence-corrected chi connectivity index (χ0v) is 11.9. The molecule has 0 spiro atoms. The van der Waals surface area contributed by atoms with Gasteiger partial charge in [-0.15, -0.1) is 11.3 Å². The second-order valence-corrected chi connectivity index (χ2v) is 5.60. The number of pyridine rings is 1. The van der Waals surface area contributed by atoms with Crippen LogP contribution in [0.25, 0.3) is 10.9 Å². The van der Waals surface area contributed by atoms with E-state index in [-0.39, 0.29) is 5.91 Å². The van der Waals surface area contributed by atoms with Crippen molar-refractivity contribution in [3.05, 3.63) is 64.0 Å². The third kappa shape index (κ3) is 2.56. The smallest absolute Gasteiger partial charge is 0.270 e. The van der Waals surface area contributed by atoms with Crippen molar-refractivity contribution < 1.29 is 4.79 Å². The largest absolute Gasteiger partial charge is 0.346 e. The highest BCUT2D eigenvalue weighted by Gasteiger charge is 2.09. The molecule has 4 heteroatoms. The van der Waals surface area contributed by atoms with Crippen molar-refractivity contribution in [2.24, 2.45) is 0 Å². The molecule has 100 valence electrons. The van der Waals surface area contributed by atoms with Crippen LogP contribution in [0.2, 0.25) is 0 Å². The summed E-state index contributed by atoms with van der Waals surface area (Å²) in [5.74, 6) is -0.136. The number of thiophene rings is 1. The lowest BCUT2D eigenvalue weighted by Crippen LogP contribution is -2.23. The Hall–Kier alpha value is -2.20. The maximum absolute atomic E-state index is 12.1. The number of benzene rings is 1. The number of nitrogens with one attached hydrogen (secondary N) is 1. The molecule has 2 heterocycles. The van der Waals surface area contributed by atoms with Crippen LogP contribution < -0.4 is 5.32 Å². The summed E-state index contributed by atoms with van der Waals surface area (Å²) in [6, 6.07) is 13.5. The second-order valence-electron chi connectivity index (χ2n) is 4.60. The van der Waals surface area contributed by atoms with Crippen molar-refractivity contribution in [1.82, 2.24) is 10.3 Å². The summed E-state index contributed by atoms with van der Waals surface area (Å²) in [5, 5.41) is 5.99. The monoisotopic (exact) mass is 282 g/mol. The fourth-order valence-corrected chi connectivity index (χ4v) is 2.87. The molecule has 2 aromatic heterocycles. The molecule has 20 heavy (non-hydrogen) atoms. The van der Waals surface area contributed by atoms with Crippen LogP contribution in [-0.4, -0.2) is 10.9 Å². The lowest BCUT2D eigenvalue weighted by Gasteiger charge is -2.05. The molecule has 0 atom stereocenters. The van der Waals surface area contributed by atoms with Crippen molar-refractivity contribution in [2.45, 2.75) is 13.5 Å². The number of carbonyl (C=O) groups is 1. The number of amides is 1. The molecule has 0 radical (unpaired) electrons. The van der Waals surface area contributed by atoms with Gasteiger partial charge in [-0.1, -0.05) is 24.3 Å². The van der Waals surface area contributed by atoms with E-state index in [1.165, 1.54) is 10.4 Å². The molecule has 0 bridgehead atoms. The Morgan fingerprint density at radius 3 is 2.85 bits per heavy atom. The molecule has 0 aliphatic heterocycles. The molecule has 0 aliphatic carbocycles. The molecule has 1 aromatic carbocycles. The van der Waals surface area contributed by atoms with Gasteiger partial charge in [0.05, 0.1) is 12.1 Å². The van der Waals surface area contributed by atoms with Gasteiger partial charge in [0.1, 0.15) is 5.69 Å². The number of rotatable bonds is 3. The van der Waals surface area contributed by atoms with E-state index in [1.807, 2.05) is 42.6 Å². The fraction of sp³-hybridized carbons (Fsp3) is 0.125. The van der Waals surface area contributed by atoms with E-state index >= 15 is 0 Å². The number of hydrogen-bond donors (Lipinski definition) is 1. The fourth-order valence-electron chi connectivity index (χ4n) is 2.03. The summed E-state index contributed by atoms with van der Waals surface area (Å²) in [5.41, 5.74) is 2.51. The normalized spacial score (nSPS) is 10.7. The number of aromatic nitrogens is 1. The van der Waals surface area contributed by atoms with Gasteiger partial charge in [-0.2, -0.15) is 0 Å². The second kappa shape index (κ2) is 5.43. The molecule has 0 saturated carbocycles. The lowest BCUT2D eigenvalue weighted by molar-refractivity contribution is 0.0946. The van der Waals surface area contributed by atoms with Gasteiger partial charge < -0.3 is 5.32 Å². The number of aryl methyl sites for hydroxylation is 1. The van der Waals surface area contributed by atoms with Gasteiger partial charge in [0.15, 0.2) is 0 Å². The van der Waals surface area contributed by atoms with E-state index in [9.17, 15) is 4.79 Å². The van der Waals surface area contributed by atoms with Gasteiger partial charge >= 0.3 is 0 Å². The van der Waals surface area contributed by atoms with Gasteiger partial charge in [0.25, 0.3) is 5.91 Å². The Labute approximate surface area is 121 Å². The quantitative estimate of drug-likeness (QED) is 0.798. The summed E-state index contributed by atoms with van der Waals surface area (Å²) in [6.07, 6.45) is 0. The predicted molar refractivity (Wildman–Crippen MR) is 82.0 cm³/mol. The van der Waals surface area contributed by atoms with Gasteiger partial charge in [-0.3, -0.25) is 4.79 Å². The van der Waals surface area contributed by atoms with Crippen LogP contribution in [0.15, 0.2) is 47.8 Å². The van der Waals surface area contributed by atoms with E-state index < -0.39 is 0 Å². The topological polar surface area (TPSA) is 42.0 Å². The average Bonchev–Trinajstić information content (AvgIpc) is 2.89. The van der Waals surface area contributed by atoms with Gasteiger partial charge in [-0.05, 0) is 36.1 Å². The molecule has 1 amide bonds. The first kappa shape index (κ1) is 12.8. The third-order valence-electron chi connectivity index (χ3n) is 3.21. The zero-order valence-electron chi connectivity index (χ0n) is 11.1. The Morgan fingerprint density at radius 2 is 2.05 bits per heavy atom. The van der Waals surface area contributed by atoms with Crippen molar-refractivity contribution in [1.29, 1.82) is 0 Å². The maximum atomic E-state index is 12.1. The Morgan fingerprint density at radius 1 is 1.20 bits per heavy atom. The minimum Gasteiger partial charge on any atom is -0.346 e. The summed E-state index contributed by atoms with van der Waals surface area (Å²) in [7, 11) is 0. The van der Waals surface area contributed by atoms with E-state index in [0.717, 1.165) is 10.9 Å². The zero-order chi connectivity index (χ0) is 13.9. The Bertz CT molecular complexity index is 764. The van der Waals surface area contributed by atoms with Crippen LogP contribution in [0, 0.1) is 6.92 Å². The minimum absolute atomic E-state index is 0.136. The van der Waals surface area contributed by atoms with Crippen molar-refractivity contribution in [2.75, 3.05) is 0 Å². The number of nitrogens with zero attached hydrogens (tertiary/aromatic N) is 1. The third-order valence-corrected chi connectivity index (χ3v) is 4.23. The van der Waals surface area contributed by atoms with Crippen molar-refractivity contribution >= 4 is 28.1 Å². The SMILES string of the molecule is Cc1ccsc1CNC(=O)c1ccc2ccccc2n1. The van der Waals surface area contributed by atoms with Crippen LogP contribution in [0.1, 0.15) is 20.9 Å². The highest BCUT2D eigenvalue weighted by molar-refractivity contribution is 7.10. The van der Waals surface area contributed by atoms with Crippen LogP contribution in [0.5, 0.6) is 0 Å². The summed E-state index contributed by atoms with van der Waals surface area (Å²) in [4.78, 5) is 17.7. The number of para-hydroxylation sites is 1. The molecule has 3 aromatic rings. The number of hydrogen-bond acceptors (Lipinski definition) is 3. The van der Waals surface area contributed by atoms with Crippen molar-refractivity contribution in [3.8, 4) is 0 Å². The molecule has 3 rings (SSSR count). The molecular weight excluding hydrogens is 268 g/mol. The highest BCUT2D eigenvalue weighted by Crippen LogP contribution is 2.15. The van der Waals surface area contributed by atoms with Crippen LogP contribution in [0.3, 0.4) is 0 Å². The first-order valence-corrected chi connectivity index (χ1v) is 7.29. The highest BCUT2D eigenvalue weighted by atomic mass is 32.1. The molecule has 0 fully saturated rings. The number of fused-ring (bicyclic) bond motifs is 1. The van der Waals surface area contributed by atoms with E-state index in [1.54, 1.807) is 17.4 Å². The number of carbonyl (C=O) groups excluding carboxylic acids is 1. The molecule has 0 unspecified atom stereocenters. The first-order valence-electron chi connectivity index (χ1n) is 6.41. The molecule has 1 N–H and O–H groups in total. The molecule has 0 aliphatic rings. The van der Waals surface area contributed by atoms with Gasteiger partial charge in [0.2, 0.25) is 0 Å². The average molecular weight is 282 g/mol.